The fourth-order valence-corrected chi connectivity index (χ4v) is 4.45. The van der Waals surface area contributed by atoms with Crippen molar-refractivity contribution in [2.75, 3.05) is 24.5 Å². The number of aliphatic carboxylic acids is 1. The van der Waals surface area contributed by atoms with E-state index in [-0.39, 0.29) is 23.7 Å². The lowest BCUT2D eigenvalue weighted by atomic mass is 9.99. The number of aryl methyl sites for hydroxylation is 1. The fraction of sp³-hybridized carbons (Fsp3) is 0.476. The summed E-state index contributed by atoms with van der Waals surface area (Å²) in [5, 5.41) is 22.3. The number of carbonyl (C=O) groups excluding carboxylic acids is 1. The van der Waals surface area contributed by atoms with Crippen molar-refractivity contribution in [1.82, 2.24) is 10.2 Å². The van der Waals surface area contributed by atoms with Gasteiger partial charge in [-0.2, -0.15) is 0 Å². The number of allylic oxidation sites excluding steroid dienone is 1. The van der Waals surface area contributed by atoms with Gasteiger partial charge in [0.1, 0.15) is 12.7 Å². The Morgan fingerprint density at radius 1 is 1.27 bits per heavy atom. The molecule has 1 saturated heterocycles. The third-order valence-corrected chi connectivity index (χ3v) is 5.88. The normalized spacial score (nSPS) is 20.3. The number of carboxylic acid groups (broad SMARTS) is 1. The number of rotatable bonds is 5. The Balaban J connectivity index is 1.69. The minimum absolute atomic E-state index is 0.119. The number of amides is 1. The van der Waals surface area contributed by atoms with Crippen LogP contribution in [0, 0.1) is 6.92 Å². The van der Waals surface area contributed by atoms with Gasteiger partial charge in [0.2, 0.25) is 0 Å². The summed E-state index contributed by atoms with van der Waals surface area (Å²) in [6.07, 6.45) is 1.43. The fourth-order valence-electron chi connectivity index (χ4n) is 4.23. The predicted molar refractivity (Wildman–Crippen MR) is 116 cm³/mol. The maximum absolute atomic E-state index is 12.2. The Bertz CT molecular complexity index is 906. The Morgan fingerprint density at radius 3 is 2.53 bits per heavy atom. The van der Waals surface area contributed by atoms with Crippen LogP contribution in [0.2, 0.25) is 5.02 Å². The number of carbonyl (C=O) groups is 2. The molecule has 2 heterocycles. The van der Waals surface area contributed by atoms with Crippen LogP contribution in [-0.4, -0.2) is 64.5 Å². The molecular formula is C21H27ClN4O4. The summed E-state index contributed by atoms with van der Waals surface area (Å²) in [5.41, 5.74) is 2.78. The summed E-state index contributed by atoms with van der Waals surface area (Å²) in [6.45, 7) is 6.89. The molecule has 1 amide bonds. The largest absolute Gasteiger partial charge is 0.504 e. The second kappa shape index (κ2) is 8.95. The van der Waals surface area contributed by atoms with Gasteiger partial charge in [0, 0.05) is 29.8 Å². The molecular weight excluding hydrogens is 408 g/mol. The summed E-state index contributed by atoms with van der Waals surface area (Å²) >= 11 is 6.07. The standard InChI is InChI=1S/C21H27ClN4O4/c1-12-10-15(22)4-5-17(12)25-8-6-16(7-9-25)26-13(2)20(29)19(24-14(26)3)21(30)23-11-18(27)28/h4-5,10,14,16,29H,6-9,11H2,1-3H3,(H,23,30)(H,27,28). The molecule has 8 nitrogen and oxygen atoms in total. The van der Waals surface area contributed by atoms with E-state index in [0.717, 1.165) is 36.5 Å². The van der Waals surface area contributed by atoms with E-state index in [1.54, 1.807) is 6.92 Å². The van der Waals surface area contributed by atoms with Gasteiger partial charge in [-0.3, -0.25) is 14.6 Å². The Labute approximate surface area is 180 Å². The van der Waals surface area contributed by atoms with Crippen molar-refractivity contribution < 1.29 is 19.8 Å². The second-order valence-electron chi connectivity index (χ2n) is 7.68. The molecule has 1 atom stereocenters. The molecule has 0 aliphatic carbocycles. The number of carboxylic acids is 1. The molecule has 1 aromatic carbocycles. The van der Waals surface area contributed by atoms with E-state index in [9.17, 15) is 14.7 Å². The van der Waals surface area contributed by atoms with Gasteiger partial charge in [-0.25, -0.2) is 0 Å². The first-order valence-electron chi connectivity index (χ1n) is 9.96. The van der Waals surface area contributed by atoms with Crippen molar-refractivity contribution in [2.45, 2.75) is 45.8 Å². The van der Waals surface area contributed by atoms with Crippen molar-refractivity contribution in [3.8, 4) is 0 Å². The average molecular weight is 435 g/mol. The van der Waals surface area contributed by atoms with Crippen molar-refractivity contribution in [3.05, 3.63) is 40.2 Å². The monoisotopic (exact) mass is 434 g/mol. The zero-order chi connectivity index (χ0) is 22.0. The Morgan fingerprint density at radius 2 is 1.93 bits per heavy atom. The molecule has 0 saturated carbocycles. The lowest BCUT2D eigenvalue weighted by molar-refractivity contribution is -0.137. The van der Waals surface area contributed by atoms with Crippen LogP contribution in [0.25, 0.3) is 0 Å². The van der Waals surface area contributed by atoms with Crippen LogP contribution in [-0.2, 0) is 9.59 Å². The molecule has 30 heavy (non-hydrogen) atoms. The smallest absolute Gasteiger partial charge is 0.322 e. The lowest BCUT2D eigenvalue weighted by Crippen LogP contribution is -2.50. The molecule has 0 radical (unpaired) electrons. The van der Waals surface area contributed by atoms with Gasteiger partial charge in [-0.1, -0.05) is 11.6 Å². The zero-order valence-electron chi connectivity index (χ0n) is 17.4. The quantitative estimate of drug-likeness (QED) is 0.658. The molecule has 2 aliphatic heterocycles. The number of hydrogen-bond donors (Lipinski definition) is 3. The summed E-state index contributed by atoms with van der Waals surface area (Å²) < 4.78 is 0. The Kier molecular flexibility index (Phi) is 6.55. The summed E-state index contributed by atoms with van der Waals surface area (Å²) in [6, 6.07) is 6.09. The van der Waals surface area contributed by atoms with E-state index in [4.69, 9.17) is 16.7 Å². The average Bonchev–Trinajstić information content (AvgIpc) is 2.69. The highest BCUT2D eigenvalue weighted by molar-refractivity contribution is 6.45. The predicted octanol–water partition coefficient (Wildman–Crippen LogP) is 2.71. The SMILES string of the molecule is CC1=C(O)C(C(=O)NCC(=O)O)=NC(C)N1C1CCN(c2ccc(Cl)cc2C)CC1. The highest BCUT2D eigenvalue weighted by atomic mass is 35.5. The van der Waals surface area contributed by atoms with Crippen LogP contribution in [0.3, 0.4) is 0 Å². The lowest BCUT2D eigenvalue weighted by Gasteiger charge is -2.44. The summed E-state index contributed by atoms with van der Waals surface area (Å²) in [7, 11) is 0. The van der Waals surface area contributed by atoms with Gasteiger partial charge in [0.05, 0.1) is 5.70 Å². The number of anilines is 1. The van der Waals surface area contributed by atoms with Gasteiger partial charge in [0.25, 0.3) is 5.91 Å². The zero-order valence-corrected chi connectivity index (χ0v) is 18.1. The number of aliphatic hydroxyl groups excluding tert-OH is 1. The second-order valence-corrected chi connectivity index (χ2v) is 8.11. The van der Waals surface area contributed by atoms with Gasteiger partial charge >= 0.3 is 5.97 Å². The third kappa shape index (κ3) is 4.53. The molecule has 0 spiro atoms. The third-order valence-electron chi connectivity index (χ3n) is 5.65. The molecule has 2 aliphatic rings. The Hall–Kier alpha value is -2.74. The first-order valence-corrected chi connectivity index (χ1v) is 10.3. The highest BCUT2D eigenvalue weighted by Gasteiger charge is 2.35. The maximum Gasteiger partial charge on any atom is 0.322 e. The number of piperidine rings is 1. The molecule has 162 valence electrons. The number of halogens is 1. The summed E-state index contributed by atoms with van der Waals surface area (Å²) in [5.74, 6) is -2.04. The number of nitrogens with one attached hydrogen (secondary N) is 1. The molecule has 1 fully saturated rings. The van der Waals surface area contributed by atoms with Crippen LogP contribution in [0.4, 0.5) is 5.69 Å². The van der Waals surface area contributed by atoms with E-state index in [0.29, 0.717) is 5.70 Å². The number of nitrogens with zero attached hydrogens (tertiary/aromatic N) is 3. The molecule has 1 unspecified atom stereocenters. The molecule has 3 rings (SSSR count). The maximum atomic E-state index is 12.2. The van der Waals surface area contributed by atoms with Crippen LogP contribution in [0.15, 0.2) is 34.6 Å². The first-order chi connectivity index (χ1) is 14.2. The van der Waals surface area contributed by atoms with Gasteiger partial charge < -0.3 is 25.3 Å². The van der Waals surface area contributed by atoms with E-state index in [1.807, 2.05) is 25.1 Å². The highest BCUT2D eigenvalue weighted by Crippen LogP contribution is 2.31. The first kappa shape index (κ1) is 22.0. The number of aliphatic hydroxyl groups is 1. The number of aliphatic imine (C=N–C) groups is 1. The van der Waals surface area contributed by atoms with Crippen LogP contribution in [0.1, 0.15) is 32.3 Å². The minimum Gasteiger partial charge on any atom is -0.504 e. The van der Waals surface area contributed by atoms with Crippen LogP contribution >= 0.6 is 11.6 Å². The summed E-state index contributed by atoms with van der Waals surface area (Å²) in [4.78, 5) is 31.6. The topological polar surface area (TPSA) is 105 Å². The van der Waals surface area contributed by atoms with Crippen molar-refractivity contribution in [3.63, 3.8) is 0 Å². The number of hydrogen-bond acceptors (Lipinski definition) is 6. The molecule has 3 N–H and O–H groups in total. The van der Waals surface area contributed by atoms with Gasteiger partial charge in [-0.05, 0) is 57.4 Å². The van der Waals surface area contributed by atoms with E-state index in [1.165, 1.54) is 5.69 Å². The van der Waals surface area contributed by atoms with Crippen molar-refractivity contribution in [1.29, 1.82) is 0 Å². The van der Waals surface area contributed by atoms with E-state index >= 15 is 0 Å². The molecule has 0 bridgehead atoms. The van der Waals surface area contributed by atoms with Crippen LogP contribution in [0.5, 0.6) is 0 Å². The van der Waals surface area contributed by atoms with E-state index in [2.05, 4.69) is 27.0 Å². The number of benzene rings is 1. The van der Waals surface area contributed by atoms with Gasteiger partial charge in [-0.15, -0.1) is 0 Å². The molecule has 1 aromatic rings. The van der Waals surface area contributed by atoms with Crippen molar-refractivity contribution in [2.24, 2.45) is 4.99 Å². The van der Waals surface area contributed by atoms with Crippen LogP contribution < -0.4 is 10.2 Å². The minimum atomic E-state index is -1.16. The molecule has 0 aromatic heterocycles. The van der Waals surface area contributed by atoms with E-state index < -0.39 is 18.4 Å². The van der Waals surface area contributed by atoms with Gasteiger partial charge in [0.15, 0.2) is 11.5 Å². The molecule has 9 heteroatoms. The van der Waals surface area contributed by atoms with Crippen molar-refractivity contribution >= 4 is 34.9 Å².